The standard InChI is InChI=1S/C15H24N2O2S/c1-12-4-3-5-13(2)17(12)20(18,19)11-15-8-6-14(10-16)7-9-15/h6-9,12-13H,3-5,10-11,16H2,1-2H3. The minimum Gasteiger partial charge on any atom is -0.326 e. The van der Waals surface area contributed by atoms with Crippen molar-refractivity contribution in [3.8, 4) is 0 Å². The van der Waals surface area contributed by atoms with Crippen molar-refractivity contribution in [1.82, 2.24) is 4.31 Å². The average Bonchev–Trinajstić information content (AvgIpc) is 2.38. The highest BCUT2D eigenvalue weighted by molar-refractivity contribution is 7.88. The van der Waals surface area contributed by atoms with Crippen molar-refractivity contribution in [2.75, 3.05) is 0 Å². The van der Waals surface area contributed by atoms with Gasteiger partial charge >= 0.3 is 0 Å². The smallest absolute Gasteiger partial charge is 0.218 e. The summed E-state index contributed by atoms with van der Waals surface area (Å²) < 4.78 is 27.0. The number of rotatable bonds is 4. The van der Waals surface area contributed by atoms with Gasteiger partial charge in [-0.05, 0) is 37.8 Å². The molecule has 2 unspecified atom stereocenters. The van der Waals surface area contributed by atoms with Gasteiger partial charge < -0.3 is 5.73 Å². The van der Waals surface area contributed by atoms with E-state index in [-0.39, 0.29) is 17.8 Å². The van der Waals surface area contributed by atoms with Crippen LogP contribution in [0.5, 0.6) is 0 Å². The number of benzene rings is 1. The SMILES string of the molecule is CC1CCCC(C)N1S(=O)(=O)Cc1ccc(CN)cc1. The quantitative estimate of drug-likeness (QED) is 0.927. The topological polar surface area (TPSA) is 63.4 Å². The Morgan fingerprint density at radius 2 is 1.60 bits per heavy atom. The normalized spacial score (nSPS) is 24.8. The van der Waals surface area contributed by atoms with Gasteiger partial charge in [0.15, 0.2) is 0 Å². The van der Waals surface area contributed by atoms with E-state index in [1.54, 1.807) is 4.31 Å². The summed E-state index contributed by atoms with van der Waals surface area (Å²) in [6, 6.07) is 7.72. The van der Waals surface area contributed by atoms with Gasteiger partial charge in [0.05, 0.1) is 5.75 Å². The van der Waals surface area contributed by atoms with E-state index < -0.39 is 10.0 Å². The molecule has 0 spiro atoms. The van der Waals surface area contributed by atoms with Crippen molar-refractivity contribution in [3.63, 3.8) is 0 Å². The molecule has 1 fully saturated rings. The first-order valence-corrected chi connectivity index (χ1v) is 8.84. The van der Waals surface area contributed by atoms with Crippen LogP contribution in [0.3, 0.4) is 0 Å². The summed E-state index contributed by atoms with van der Waals surface area (Å²) >= 11 is 0. The van der Waals surface area contributed by atoms with E-state index in [1.165, 1.54) is 0 Å². The molecule has 1 saturated heterocycles. The van der Waals surface area contributed by atoms with Crippen LogP contribution in [0.15, 0.2) is 24.3 Å². The predicted octanol–water partition coefficient (Wildman–Crippen LogP) is 2.24. The second-order valence-corrected chi connectivity index (χ2v) is 7.61. The number of hydrogen-bond donors (Lipinski definition) is 1. The summed E-state index contributed by atoms with van der Waals surface area (Å²) in [6.45, 7) is 4.49. The van der Waals surface area contributed by atoms with Gasteiger partial charge in [-0.2, -0.15) is 4.31 Å². The zero-order chi connectivity index (χ0) is 14.8. The van der Waals surface area contributed by atoms with Gasteiger partial charge in [0, 0.05) is 18.6 Å². The third kappa shape index (κ3) is 3.40. The van der Waals surface area contributed by atoms with Crippen molar-refractivity contribution in [2.24, 2.45) is 5.73 Å². The molecule has 0 aliphatic carbocycles. The zero-order valence-electron chi connectivity index (χ0n) is 12.2. The molecule has 0 radical (unpaired) electrons. The maximum atomic E-state index is 12.6. The Labute approximate surface area is 122 Å². The van der Waals surface area contributed by atoms with E-state index >= 15 is 0 Å². The molecule has 2 rings (SSSR count). The molecule has 1 aromatic carbocycles. The van der Waals surface area contributed by atoms with Crippen LogP contribution in [0.2, 0.25) is 0 Å². The van der Waals surface area contributed by atoms with Crippen molar-refractivity contribution in [3.05, 3.63) is 35.4 Å². The first kappa shape index (κ1) is 15.5. The molecule has 2 atom stereocenters. The highest BCUT2D eigenvalue weighted by atomic mass is 32.2. The molecule has 4 nitrogen and oxygen atoms in total. The third-order valence-electron chi connectivity index (χ3n) is 4.04. The molecule has 112 valence electrons. The van der Waals surface area contributed by atoms with Crippen LogP contribution < -0.4 is 5.73 Å². The largest absolute Gasteiger partial charge is 0.326 e. The Balaban J connectivity index is 2.16. The fraction of sp³-hybridized carbons (Fsp3) is 0.600. The zero-order valence-corrected chi connectivity index (χ0v) is 13.1. The van der Waals surface area contributed by atoms with Crippen LogP contribution in [0.1, 0.15) is 44.2 Å². The van der Waals surface area contributed by atoms with E-state index in [0.29, 0.717) is 6.54 Å². The molecule has 0 amide bonds. The maximum Gasteiger partial charge on any atom is 0.218 e. The molecule has 1 aliphatic rings. The van der Waals surface area contributed by atoms with E-state index in [9.17, 15) is 8.42 Å². The van der Waals surface area contributed by atoms with E-state index in [2.05, 4.69) is 0 Å². The van der Waals surface area contributed by atoms with Crippen LogP contribution >= 0.6 is 0 Å². The first-order valence-electron chi connectivity index (χ1n) is 7.23. The number of nitrogens with zero attached hydrogens (tertiary/aromatic N) is 1. The first-order chi connectivity index (χ1) is 9.44. The van der Waals surface area contributed by atoms with Crippen LogP contribution in [0.4, 0.5) is 0 Å². The number of nitrogens with two attached hydrogens (primary N) is 1. The van der Waals surface area contributed by atoms with Crippen LogP contribution in [0, 0.1) is 0 Å². The lowest BCUT2D eigenvalue weighted by molar-refractivity contribution is 0.204. The summed E-state index contributed by atoms with van der Waals surface area (Å²) in [5, 5.41) is 0. The van der Waals surface area contributed by atoms with Crippen molar-refractivity contribution in [2.45, 2.75) is 57.5 Å². The van der Waals surface area contributed by atoms with E-state index in [0.717, 1.165) is 30.4 Å². The highest BCUT2D eigenvalue weighted by Crippen LogP contribution is 2.27. The minimum absolute atomic E-state index is 0.0759. The molecule has 1 heterocycles. The van der Waals surface area contributed by atoms with Gasteiger partial charge in [0.25, 0.3) is 0 Å². The fourth-order valence-corrected chi connectivity index (χ4v) is 5.07. The van der Waals surface area contributed by atoms with Gasteiger partial charge in [-0.15, -0.1) is 0 Å². The Morgan fingerprint density at radius 1 is 1.10 bits per heavy atom. The Kier molecular flexibility index (Phi) is 4.83. The lowest BCUT2D eigenvalue weighted by Gasteiger charge is -2.37. The van der Waals surface area contributed by atoms with Gasteiger partial charge in [0.2, 0.25) is 10.0 Å². The fourth-order valence-electron chi connectivity index (χ4n) is 3.00. The third-order valence-corrected chi connectivity index (χ3v) is 6.10. The number of piperidine rings is 1. The lowest BCUT2D eigenvalue weighted by atomic mass is 10.0. The summed E-state index contributed by atoms with van der Waals surface area (Å²) in [7, 11) is -3.25. The van der Waals surface area contributed by atoms with Crippen LogP contribution in [-0.4, -0.2) is 24.8 Å². The Morgan fingerprint density at radius 3 is 2.10 bits per heavy atom. The molecule has 1 aliphatic heterocycles. The summed E-state index contributed by atoms with van der Waals surface area (Å²) in [5.41, 5.74) is 7.40. The van der Waals surface area contributed by atoms with Crippen molar-refractivity contribution in [1.29, 1.82) is 0 Å². The summed E-state index contributed by atoms with van der Waals surface area (Å²) in [4.78, 5) is 0. The maximum absolute atomic E-state index is 12.6. The van der Waals surface area contributed by atoms with Gasteiger partial charge in [0.1, 0.15) is 0 Å². The molecule has 1 aromatic rings. The summed E-state index contributed by atoms with van der Waals surface area (Å²) in [5.74, 6) is 0.0759. The van der Waals surface area contributed by atoms with Crippen molar-refractivity contribution < 1.29 is 8.42 Å². The second-order valence-electron chi connectivity index (χ2n) is 5.74. The van der Waals surface area contributed by atoms with E-state index in [1.807, 2.05) is 38.1 Å². The summed E-state index contributed by atoms with van der Waals surface area (Å²) in [6.07, 6.45) is 3.02. The van der Waals surface area contributed by atoms with Gasteiger partial charge in [-0.1, -0.05) is 30.7 Å². The second kappa shape index (κ2) is 6.24. The van der Waals surface area contributed by atoms with Crippen molar-refractivity contribution >= 4 is 10.0 Å². The number of sulfonamides is 1. The molecule has 0 bridgehead atoms. The molecule has 0 saturated carbocycles. The molecular formula is C15H24N2O2S. The Hall–Kier alpha value is -0.910. The minimum atomic E-state index is -3.25. The van der Waals surface area contributed by atoms with Crippen LogP contribution in [0.25, 0.3) is 0 Å². The van der Waals surface area contributed by atoms with Gasteiger partial charge in [-0.3, -0.25) is 0 Å². The van der Waals surface area contributed by atoms with Crippen LogP contribution in [-0.2, 0) is 22.3 Å². The average molecular weight is 296 g/mol. The predicted molar refractivity (Wildman–Crippen MR) is 81.6 cm³/mol. The Bertz CT molecular complexity index is 529. The lowest BCUT2D eigenvalue weighted by Crippen LogP contribution is -2.47. The molecule has 20 heavy (non-hydrogen) atoms. The molecule has 0 aromatic heterocycles. The molecule has 5 heteroatoms. The highest BCUT2D eigenvalue weighted by Gasteiger charge is 2.34. The monoisotopic (exact) mass is 296 g/mol. The molecular weight excluding hydrogens is 272 g/mol. The molecule has 2 N–H and O–H groups in total. The van der Waals surface area contributed by atoms with E-state index in [4.69, 9.17) is 5.73 Å². The number of hydrogen-bond acceptors (Lipinski definition) is 3. The van der Waals surface area contributed by atoms with Gasteiger partial charge in [-0.25, -0.2) is 8.42 Å².